The maximum Gasteiger partial charge on any atom is 0.248 e. The fraction of sp³-hybridized carbons (Fsp3) is 0. The molecule has 18 heavy (non-hydrogen) atoms. The number of nitrogens with zero attached hydrogens (tertiary/aromatic N) is 1. The van der Waals surface area contributed by atoms with E-state index in [1.54, 1.807) is 18.3 Å². The van der Waals surface area contributed by atoms with Crippen LogP contribution in [0.5, 0.6) is 0 Å². The zero-order chi connectivity index (χ0) is 13.0. The van der Waals surface area contributed by atoms with Crippen LogP contribution in [0.3, 0.4) is 0 Å². The van der Waals surface area contributed by atoms with Crippen LogP contribution in [0.25, 0.3) is 6.08 Å². The summed E-state index contributed by atoms with van der Waals surface area (Å²) in [7, 11) is 0. The molecule has 0 atom stereocenters. The van der Waals surface area contributed by atoms with Crippen molar-refractivity contribution in [2.45, 2.75) is 0 Å². The van der Waals surface area contributed by atoms with E-state index in [4.69, 9.17) is 0 Å². The lowest BCUT2D eigenvalue weighted by molar-refractivity contribution is -0.111. The maximum atomic E-state index is 13.4. The molecule has 2 aromatic rings. The number of H-pyrrole nitrogens is 1. The fourth-order valence-corrected chi connectivity index (χ4v) is 1.69. The van der Waals surface area contributed by atoms with Gasteiger partial charge in [0.25, 0.3) is 0 Å². The molecular weight excluding hydrogens is 301 g/mol. The number of hydrogen-bond acceptors (Lipinski definition) is 2. The summed E-state index contributed by atoms with van der Waals surface area (Å²) in [6.07, 6.45) is 5.70. The van der Waals surface area contributed by atoms with E-state index in [-0.39, 0.29) is 11.7 Å². The first kappa shape index (κ1) is 12.5. The van der Waals surface area contributed by atoms with E-state index in [9.17, 15) is 9.18 Å². The topological polar surface area (TPSA) is 57.8 Å². The smallest absolute Gasteiger partial charge is 0.248 e. The predicted octanol–water partition coefficient (Wildman–Crippen LogP) is 2.96. The number of hydrogen-bond donors (Lipinski definition) is 2. The molecule has 0 aliphatic rings. The minimum Gasteiger partial charge on any atom is -0.320 e. The SMILES string of the molecule is O=C(/C=C/c1cc(Br)ccc1F)Nc1cn[nH]c1. The van der Waals surface area contributed by atoms with Gasteiger partial charge in [0, 0.05) is 22.3 Å². The van der Waals surface area contributed by atoms with E-state index in [1.165, 1.54) is 24.4 Å². The van der Waals surface area contributed by atoms with Gasteiger partial charge in [0.1, 0.15) is 5.82 Å². The van der Waals surface area contributed by atoms with Crippen molar-refractivity contribution in [1.29, 1.82) is 0 Å². The Morgan fingerprint density at radius 2 is 2.33 bits per heavy atom. The Hall–Kier alpha value is -1.95. The quantitative estimate of drug-likeness (QED) is 0.856. The predicted molar refractivity (Wildman–Crippen MR) is 70.4 cm³/mol. The molecule has 0 radical (unpaired) electrons. The number of aromatic amines is 1. The van der Waals surface area contributed by atoms with Gasteiger partial charge in [0.2, 0.25) is 5.91 Å². The minimum atomic E-state index is -0.384. The van der Waals surface area contributed by atoms with Crippen molar-refractivity contribution in [3.8, 4) is 0 Å². The summed E-state index contributed by atoms with van der Waals surface area (Å²) in [6, 6.07) is 4.52. The van der Waals surface area contributed by atoms with Gasteiger partial charge in [-0.25, -0.2) is 4.39 Å². The van der Waals surface area contributed by atoms with Gasteiger partial charge in [0.05, 0.1) is 11.9 Å². The van der Waals surface area contributed by atoms with Crippen LogP contribution < -0.4 is 5.32 Å². The number of carbonyl (C=O) groups is 1. The van der Waals surface area contributed by atoms with Gasteiger partial charge in [-0.05, 0) is 24.3 Å². The average Bonchev–Trinajstić information content (AvgIpc) is 2.83. The fourth-order valence-electron chi connectivity index (χ4n) is 1.31. The molecule has 0 aliphatic carbocycles. The molecule has 0 bridgehead atoms. The van der Waals surface area contributed by atoms with Crippen molar-refractivity contribution in [1.82, 2.24) is 10.2 Å². The number of rotatable bonds is 3. The highest BCUT2D eigenvalue weighted by Crippen LogP contribution is 2.16. The third-order valence-corrected chi connectivity index (χ3v) is 2.63. The lowest BCUT2D eigenvalue weighted by Crippen LogP contribution is -2.06. The number of nitrogens with one attached hydrogen (secondary N) is 2. The second-order valence-electron chi connectivity index (χ2n) is 3.48. The van der Waals surface area contributed by atoms with Crippen LogP contribution in [0.15, 0.2) is 41.1 Å². The molecule has 4 nitrogen and oxygen atoms in total. The molecule has 0 aliphatic heterocycles. The number of aromatic nitrogens is 2. The summed E-state index contributed by atoms with van der Waals surface area (Å²) in [4.78, 5) is 11.5. The molecule has 6 heteroatoms. The monoisotopic (exact) mass is 309 g/mol. The van der Waals surface area contributed by atoms with Crippen molar-refractivity contribution < 1.29 is 9.18 Å². The molecule has 1 amide bonds. The van der Waals surface area contributed by atoms with Gasteiger partial charge < -0.3 is 5.32 Å². The summed E-state index contributed by atoms with van der Waals surface area (Å²) in [6.45, 7) is 0. The van der Waals surface area contributed by atoms with Gasteiger partial charge in [-0.2, -0.15) is 5.10 Å². The van der Waals surface area contributed by atoms with Crippen molar-refractivity contribution in [3.63, 3.8) is 0 Å². The molecule has 0 spiro atoms. The first-order chi connectivity index (χ1) is 8.65. The molecule has 0 unspecified atom stereocenters. The molecular formula is C12H9BrFN3O. The lowest BCUT2D eigenvalue weighted by Gasteiger charge is -1.98. The second kappa shape index (κ2) is 5.59. The zero-order valence-electron chi connectivity index (χ0n) is 9.15. The number of anilines is 1. The van der Waals surface area contributed by atoms with Gasteiger partial charge in [-0.3, -0.25) is 9.89 Å². The molecule has 1 aromatic carbocycles. The molecule has 1 aromatic heterocycles. The highest BCUT2D eigenvalue weighted by atomic mass is 79.9. The Balaban J connectivity index is 2.06. The first-order valence-corrected chi connectivity index (χ1v) is 5.87. The van der Waals surface area contributed by atoms with Crippen LogP contribution in [0, 0.1) is 5.82 Å². The normalized spacial score (nSPS) is 10.8. The van der Waals surface area contributed by atoms with E-state index in [1.807, 2.05) is 0 Å². The van der Waals surface area contributed by atoms with E-state index in [2.05, 4.69) is 31.4 Å². The third-order valence-electron chi connectivity index (χ3n) is 2.14. The maximum absolute atomic E-state index is 13.4. The Kier molecular flexibility index (Phi) is 3.88. The van der Waals surface area contributed by atoms with Crippen LogP contribution in [0.1, 0.15) is 5.56 Å². The third kappa shape index (κ3) is 3.27. The molecule has 0 saturated heterocycles. The number of amides is 1. The summed E-state index contributed by atoms with van der Waals surface area (Å²) in [5.41, 5.74) is 0.895. The zero-order valence-corrected chi connectivity index (χ0v) is 10.7. The number of benzene rings is 1. The van der Waals surface area contributed by atoms with E-state index in [0.717, 1.165) is 4.47 Å². The summed E-state index contributed by atoms with van der Waals surface area (Å²) < 4.78 is 14.1. The second-order valence-corrected chi connectivity index (χ2v) is 4.39. The van der Waals surface area contributed by atoms with Gasteiger partial charge in [-0.1, -0.05) is 15.9 Å². The molecule has 0 saturated carbocycles. The highest BCUT2D eigenvalue weighted by Gasteiger charge is 2.01. The summed E-state index contributed by atoms with van der Waals surface area (Å²) in [5, 5.41) is 8.83. The van der Waals surface area contributed by atoms with Gasteiger partial charge in [0.15, 0.2) is 0 Å². The molecule has 1 heterocycles. The molecule has 92 valence electrons. The largest absolute Gasteiger partial charge is 0.320 e. The van der Waals surface area contributed by atoms with Crippen molar-refractivity contribution in [2.24, 2.45) is 0 Å². The van der Waals surface area contributed by atoms with Crippen molar-refractivity contribution in [3.05, 3.63) is 52.5 Å². The average molecular weight is 310 g/mol. The van der Waals surface area contributed by atoms with Crippen LogP contribution in [-0.4, -0.2) is 16.1 Å². The van der Waals surface area contributed by atoms with Crippen LogP contribution in [-0.2, 0) is 4.79 Å². The van der Waals surface area contributed by atoms with E-state index in [0.29, 0.717) is 11.3 Å². The van der Waals surface area contributed by atoms with Crippen LogP contribution in [0.4, 0.5) is 10.1 Å². The van der Waals surface area contributed by atoms with Gasteiger partial charge >= 0.3 is 0 Å². The van der Waals surface area contributed by atoms with Gasteiger partial charge in [-0.15, -0.1) is 0 Å². The Morgan fingerprint density at radius 1 is 1.50 bits per heavy atom. The summed E-state index contributed by atoms with van der Waals surface area (Å²) >= 11 is 3.24. The highest BCUT2D eigenvalue weighted by molar-refractivity contribution is 9.10. The van der Waals surface area contributed by atoms with Crippen LogP contribution in [0.2, 0.25) is 0 Å². The Morgan fingerprint density at radius 3 is 3.06 bits per heavy atom. The molecule has 2 N–H and O–H groups in total. The summed E-state index contributed by atoms with van der Waals surface area (Å²) in [5.74, 6) is -0.735. The Bertz CT molecular complexity index is 581. The van der Waals surface area contributed by atoms with Crippen molar-refractivity contribution in [2.75, 3.05) is 5.32 Å². The number of halogens is 2. The molecule has 2 rings (SSSR count). The Labute approximate surface area is 111 Å². The van der Waals surface area contributed by atoms with Crippen molar-refractivity contribution >= 4 is 33.6 Å². The van der Waals surface area contributed by atoms with Crippen LogP contribution >= 0.6 is 15.9 Å². The lowest BCUT2D eigenvalue weighted by atomic mass is 10.2. The van der Waals surface area contributed by atoms with E-state index >= 15 is 0 Å². The first-order valence-electron chi connectivity index (χ1n) is 5.08. The molecule has 0 fully saturated rings. The standard InChI is InChI=1S/C12H9BrFN3O/c13-9-2-3-11(14)8(5-9)1-4-12(18)17-10-6-15-16-7-10/h1-7H,(H,15,16)(H,17,18)/b4-1+. The minimum absolute atomic E-state index is 0.340. The van der Waals surface area contributed by atoms with E-state index < -0.39 is 0 Å². The number of carbonyl (C=O) groups excluding carboxylic acids is 1.